The molecule has 2 saturated heterocycles. The highest BCUT2D eigenvalue weighted by Crippen LogP contribution is 2.28. The number of piperidine rings is 1. The molecule has 2 aliphatic rings. The van der Waals surface area contributed by atoms with E-state index in [1.807, 2.05) is 0 Å². The van der Waals surface area contributed by atoms with E-state index in [2.05, 4.69) is 30.1 Å². The fourth-order valence-electron chi connectivity index (χ4n) is 3.38. The van der Waals surface area contributed by atoms with Gasteiger partial charge in [-0.1, -0.05) is 20.3 Å². The Morgan fingerprint density at radius 3 is 2.89 bits per heavy atom. The Morgan fingerprint density at radius 2 is 2.11 bits per heavy atom. The summed E-state index contributed by atoms with van der Waals surface area (Å²) < 4.78 is 0. The van der Waals surface area contributed by atoms with Gasteiger partial charge in [0.05, 0.1) is 6.07 Å². The summed E-state index contributed by atoms with van der Waals surface area (Å²) in [5.74, 6) is 0. The number of hydrogen-bond acceptors (Lipinski definition) is 3. The minimum absolute atomic E-state index is 0.248. The van der Waals surface area contributed by atoms with Crippen LogP contribution in [0.15, 0.2) is 0 Å². The van der Waals surface area contributed by atoms with Crippen LogP contribution in [0.2, 0.25) is 0 Å². The van der Waals surface area contributed by atoms with Crippen LogP contribution in [0, 0.1) is 16.7 Å². The van der Waals surface area contributed by atoms with E-state index < -0.39 is 0 Å². The van der Waals surface area contributed by atoms with Crippen LogP contribution in [-0.4, -0.2) is 36.6 Å². The Bertz CT molecular complexity index is 305. The van der Waals surface area contributed by atoms with E-state index in [1.165, 1.54) is 38.8 Å². The van der Waals surface area contributed by atoms with Gasteiger partial charge < -0.3 is 5.32 Å². The van der Waals surface area contributed by atoms with E-state index in [0.717, 1.165) is 19.0 Å². The SMILES string of the molecule is CC(C)(CCC#N)CNC1CCN2CCCCC12. The third-order valence-corrected chi connectivity index (χ3v) is 4.61. The zero-order valence-electron chi connectivity index (χ0n) is 11.9. The molecule has 2 fully saturated rings. The smallest absolute Gasteiger partial charge is 0.0621 e. The van der Waals surface area contributed by atoms with Crippen molar-refractivity contribution in [3.63, 3.8) is 0 Å². The third-order valence-electron chi connectivity index (χ3n) is 4.61. The Hall–Kier alpha value is -0.590. The summed E-state index contributed by atoms with van der Waals surface area (Å²) >= 11 is 0. The summed E-state index contributed by atoms with van der Waals surface area (Å²) in [5.41, 5.74) is 0.248. The van der Waals surface area contributed by atoms with Gasteiger partial charge in [0.15, 0.2) is 0 Å². The van der Waals surface area contributed by atoms with E-state index in [0.29, 0.717) is 12.5 Å². The summed E-state index contributed by atoms with van der Waals surface area (Å²) in [4.78, 5) is 2.67. The lowest BCUT2D eigenvalue weighted by Crippen LogP contribution is -2.47. The van der Waals surface area contributed by atoms with Crippen molar-refractivity contribution in [2.24, 2.45) is 5.41 Å². The fourth-order valence-corrected chi connectivity index (χ4v) is 3.38. The molecule has 3 nitrogen and oxygen atoms in total. The maximum atomic E-state index is 8.69. The number of nitrogens with zero attached hydrogens (tertiary/aromatic N) is 2. The van der Waals surface area contributed by atoms with Crippen molar-refractivity contribution in [2.75, 3.05) is 19.6 Å². The number of nitriles is 1. The van der Waals surface area contributed by atoms with Gasteiger partial charge in [-0.3, -0.25) is 4.90 Å². The molecule has 2 unspecified atom stereocenters. The van der Waals surface area contributed by atoms with Crippen molar-refractivity contribution >= 4 is 0 Å². The van der Waals surface area contributed by atoms with Crippen LogP contribution >= 0.6 is 0 Å². The van der Waals surface area contributed by atoms with Crippen molar-refractivity contribution < 1.29 is 0 Å². The predicted molar refractivity (Wildman–Crippen MR) is 74.2 cm³/mol. The van der Waals surface area contributed by atoms with Gasteiger partial charge in [-0.05, 0) is 37.6 Å². The second kappa shape index (κ2) is 6.04. The van der Waals surface area contributed by atoms with Crippen LogP contribution in [0.5, 0.6) is 0 Å². The molecular formula is C15H27N3. The van der Waals surface area contributed by atoms with Crippen LogP contribution in [0.1, 0.15) is 52.4 Å². The molecule has 102 valence electrons. The summed E-state index contributed by atoms with van der Waals surface area (Å²) in [6.45, 7) is 8.17. The monoisotopic (exact) mass is 249 g/mol. The second-order valence-electron chi connectivity index (χ2n) is 6.70. The molecule has 2 rings (SSSR count). The maximum absolute atomic E-state index is 8.69. The van der Waals surface area contributed by atoms with Gasteiger partial charge >= 0.3 is 0 Å². The third kappa shape index (κ3) is 3.46. The molecule has 0 radical (unpaired) electrons. The Balaban J connectivity index is 1.78. The Morgan fingerprint density at radius 1 is 1.28 bits per heavy atom. The summed E-state index contributed by atoms with van der Waals surface area (Å²) in [5, 5.41) is 12.5. The molecule has 1 N–H and O–H groups in total. The van der Waals surface area contributed by atoms with Gasteiger partial charge in [0.25, 0.3) is 0 Å². The number of fused-ring (bicyclic) bond motifs is 1. The van der Waals surface area contributed by atoms with Crippen LogP contribution in [0.4, 0.5) is 0 Å². The molecule has 2 atom stereocenters. The minimum Gasteiger partial charge on any atom is -0.312 e. The molecule has 0 bridgehead atoms. The second-order valence-corrected chi connectivity index (χ2v) is 6.70. The van der Waals surface area contributed by atoms with Crippen molar-refractivity contribution in [3.8, 4) is 6.07 Å². The van der Waals surface area contributed by atoms with Crippen LogP contribution in [-0.2, 0) is 0 Å². The largest absolute Gasteiger partial charge is 0.312 e. The molecule has 2 heterocycles. The number of rotatable bonds is 5. The molecule has 0 aliphatic carbocycles. The highest BCUT2D eigenvalue weighted by molar-refractivity contribution is 4.94. The van der Waals surface area contributed by atoms with Gasteiger partial charge in [0.2, 0.25) is 0 Å². The van der Waals surface area contributed by atoms with Crippen molar-refractivity contribution in [2.45, 2.75) is 64.5 Å². The molecule has 0 aromatic heterocycles. The predicted octanol–water partition coefficient (Wildman–Crippen LogP) is 2.53. The average molecular weight is 249 g/mol. The van der Waals surface area contributed by atoms with Gasteiger partial charge in [-0.15, -0.1) is 0 Å². The fraction of sp³-hybridized carbons (Fsp3) is 0.933. The first kappa shape index (κ1) is 13.8. The van der Waals surface area contributed by atoms with Crippen molar-refractivity contribution in [1.82, 2.24) is 10.2 Å². The van der Waals surface area contributed by atoms with E-state index in [1.54, 1.807) is 0 Å². The van der Waals surface area contributed by atoms with Crippen LogP contribution < -0.4 is 5.32 Å². The van der Waals surface area contributed by atoms with Crippen molar-refractivity contribution in [3.05, 3.63) is 0 Å². The molecule has 3 heteroatoms. The lowest BCUT2D eigenvalue weighted by atomic mass is 9.87. The van der Waals surface area contributed by atoms with Gasteiger partial charge in [-0.25, -0.2) is 0 Å². The first-order chi connectivity index (χ1) is 8.62. The van der Waals surface area contributed by atoms with Gasteiger partial charge in [0, 0.05) is 31.6 Å². The molecule has 2 aliphatic heterocycles. The topological polar surface area (TPSA) is 39.1 Å². The molecular weight excluding hydrogens is 222 g/mol. The van der Waals surface area contributed by atoms with Gasteiger partial charge in [0.1, 0.15) is 0 Å². The lowest BCUT2D eigenvalue weighted by molar-refractivity contribution is 0.174. The summed E-state index contributed by atoms with van der Waals surface area (Å²) in [6, 6.07) is 3.73. The van der Waals surface area contributed by atoms with E-state index >= 15 is 0 Å². The van der Waals surface area contributed by atoms with E-state index in [9.17, 15) is 0 Å². The highest BCUT2D eigenvalue weighted by Gasteiger charge is 2.35. The first-order valence-electron chi connectivity index (χ1n) is 7.47. The van der Waals surface area contributed by atoms with Crippen LogP contribution in [0.3, 0.4) is 0 Å². The first-order valence-corrected chi connectivity index (χ1v) is 7.47. The van der Waals surface area contributed by atoms with Crippen molar-refractivity contribution in [1.29, 1.82) is 5.26 Å². The quantitative estimate of drug-likeness (QED) is 0.814. The molecule has 0 saturated carbocycles. The molecule has 0 spiro atoms. The normalized spacial score (nSPS) is 28.9. The maximum Gasteiger partial charge on any atom is 0.0621 e. The lowest BCUT2D eigenvalue weighted by Gasteiger charge is -2.34. The van der Waals surface area contributed by atoms with E-state index in [-0.39, 0.29) is 5.41 Å². The van der Waals surface area contributed by atoms with E-state index in [4.69, 9.17) is 5.26 Å². The average Bonchev–Trinajstić information content (AvgIpc) is 2.78. The highest BCUT2D eigenvalue weighted by atomic mass is 15.2. The zero-order valence-corrected chi connectivity index (χ0v) is 11.9. The molecule has 0 amide bonds. The molecule has 0 aromatic carbocycles. The number of nitrogens with one attached hydrogen (secondary N) is 1. The number of hydrogen-bond donors (Lipinski definition) is 1. The Labute approximate surface area is 112 Å². The van der Waals surface area contributed by atoms with Crippen LogP contribution in [0.25, 0.3) is 0 Å². The van der Waals surface area contributed by atoms with Gasteiger partial charge in [-0.2, -0.15) is 5.26 Å². The molecule has 18 heavy (non-hydrogen) atoms. The minimum atomic E-state index is 0.248. The Kier molecular flexibility index (Phi) is 4.64. The standard InChI is InChI=1S/C15H27N3/c1-15(2,8-5-9-16)12-17-13-7-11-18-10-4-3-6-14(13)18/h13-14,17H,3-8,10-12H2,1-2H3. The zero-order chi connectivity index (χ0) is 13.0. The molecule has 0 aromatic rings. The summed E-state index contributed by atoms with van der Waals surface area (Å²) in [6.07, 6.45) is 7.13. The summed E-state index contributed by atoms with van der Waals surface area (Å²) in [7, 11) is 0.